The Morgan fingerprint density at radius 3 is 2.21 bits per heavy atom. The van der Waals surface area contributed by atoms with Crippen molar-refractivity contribution in [2.24, 2.45) is 5.92 Å². The van der Waals surface area contributed by atoms with Crippen molar-refractivity contribution < 1.29 is 28.7 Å². The summed E-state index contributed by atoms with van der Waals surface area (Å²) in [6.07, 6.45) is 1.82. The number of hydrogen-bond acceptors (Lipinski definition) is 6. The summed E-state index contributed by atoms with van der Waals surface area (Å²) in [7, 11) is 1.58. The van der Waals surface area contributed by atoms with E-state index >= 15 is 0 Å². The number of amides is 3. The van der Waals surface area contributed by atoms with Crippen molar-refractivity contribution >= 4 is 23.7 Å². The minimum atomic E-state index is -0.667. The highest BCUT2D eigenvalue weighted by Crippen LogP contribution is 2.39. The van der Waals surface area contributed by atoms with Gasteiger partial charge in [0.05, 0.1) is 36.7 Å². The molecule has 2 atom stereocenters. The fraction of sp³-hybridized carbons (Fsp3) is 0.385. The van der Waals surface area contributed by atoms with Gasteiger partial charge in [0.25, 0.3) is 11.8 Å². The number of methoxy groups -OCH3 is 1. The Kier molecular flexibility index (Phi) is 6.95. The lowest BCUT2D eigenvalue weighted by atomic mass is 9.93. The SMILES string of the molecule is CCCCN1C(=O)CC(C(=O)OCCN2C(=O)c3ccccc3C2=O)C1c1ccc(OC)cc1. The lowest BCUT2D eigenvalue weighted by Gasteiger charge is -2.28. The number of hydrogen-bond donors (Lipinski definition) is 0. The van der Waals surface area contributed by atoms with Gasteiger partial charge in [-0.25, -0.2) is 0 Å². The zero-order valence-electron chi connectivity index (χ0n) is 19.4. The molecule has 0 bridgehead atoms. The molecular weight excluding hydrogens is 436 g/mol. The number of benzene rings is 2. The van der Waals surface area contributed by atoms with E-state index in [0.29, 0.717) is 23.4 Å². The second kappa shape index (κ2) is 10.1. The average Bonchev–Trinajstić information content (AvgIpc) is 3.31. The van der Waals surface area contributed by atoms with E-state index in [1.807, 2.05) is 19.1 Å². The van der Waals surface area contributed by atoms with Crippen molar-refractivity contribution in [2.75, 3.05) is 26.8 Å². The van der Waals surface area contributed by atoms with Crippen molar-refractivity contribution in [3.05, 3.63) is 65.2 Å². The van der Waals surface area contributed by atoms with Crippen molar-refractivity contribution in [3.8, 4) is 5.75 Å². The summed E-state index contributed by atoms with van der Waals surface area (Å²) in [5.41, 5.74) is 1.54. The van der Waals surface area contributed by atoms with Crippen molar-refractivity contribution in [2.45, 2.75) is 32.2 Å². The van der Waals surface area contributed by atoms with Gasteiger partial charge in [-0.05, 0) is 36.2 Å². The van der Waals surface area contributed by atoms with Crippen LogP contribution < -0.4 is 4.74 Å². The Morgan fingerprint density at radius 1 is 0.971 bits per heavy atom. The third-order valence-corrected chi connectivity index (χ3v) is 6.38. The van der Waals surface area contributed by atoms with Gasteiger partial charge in [-0.15, -0.1) is 0 Å². The van der Waals surface area contributed by atoms with Gasteiger partial charge < -0.3 is 14.4 Å². The number of unbranched alkanes of at least 4 members (excludes halogenated alkanes) is 1. The molecule has 2 aliphatic heterocycles. The highest BCUT2D eigenvalue weighted by atomic mass is 16.5. The maximum absolute atomic E-state index is 13.1. The summed E-state index contributed by atoms with van der Waals surface area (Å²) in [5, 5.41) is 0. The first-order valence-electron chi connectivity index (χ1n) is 11.5. The van der Waals surface area contributed by atoms with Crippen molar-refractivity contribution in [1.29, 1.82) is 0 Å². The third kappa shape index (κ3) is 4.40. The molecule has 2 unspecified atom stereocenters. The van der Waals surface area contributed by atoms with Gasteiger partial charge in [0.2, 0.25) is 5.91 Å². The molecule has 2 aromatic carbocycles. The van der Waals surface area contributed by atoms with Gasteiger partial charge in [-0.1, -0.05) is 37.6 Å². The predicted octanol–water partition coefficient (Wildman–Crippen LogP) is 3.22. The largest absolute Gasteiger partial charge is 0.497 e. The Labute approximate surface area is 198 Å². The topological polar surface area (TPSA) is 93.2 Å². The fourth-order valence-electron chi connectivity index (χ4n) is 4.59. The molecule has 34 heavy (non-hydrogen) atoms. The normalized spacial score (nSPS) is 19.5. The first kappa shape index (κ1) is 23.5. The Hall–Kier alpha value is -3.68. The fourth-order valence-corrected chi connectivity index (χ4v) is 4.59. The van der Waals surface area contributed by atoms with E-state index in [0.717, 1.165) is 23.3 Å². The van der Waals surface area contributed by atoms with E-state index in [2.05, 4.69) is 0 Å². The van der Waals surface area contributed by atoms with Crippen LogP contribution in [0.2, 0.25) is 0 Å². The number of carbonyl (C=O) groups excluding carboxylic acids is 4. The molecule has 0 saturated carbocycles. The average molecular weight is 465 g/mol. The summed E-state index contributed by atoms with van der Waals surface area (Å²) in [6.45, 7) is 2.45. The van der Waals surface area contributed by atoms with Gasteiger partial charge >= 0.3 is 5.97 Å². The van der Waals surface area contributed by atoms with Gasteiger partial charge in [0, 0.05) is 13.0 Å². The number of fused-ring (bicyclic) bond motifs is 1. The molecule has 8 heteroatoms. The van der Waals surface area contributed by atoms with Crippen LogP contribution in [0, 0.1) is 5.92 Å². The Morgan fingerprint density at radius 2 is 1.62 bits per heavy atom. The zero-order chi connectivity index (χ0) is 24.2. The van der Waals surface area contributed by atoms with Crippen LogP contribution in [0.4, 0.5) is 0 Å². The number of ether oxygens (including phenoxy) is 2. The number of imide groups is 1. The number of likely N-dealkylation sites (tertiary alicyclic amines) is 1. The van der Waals surface area contributed by atoms with Crippen LogP contribution in [0.25, 0.3) is 0 Å². The number of rotatable bonds is 9. The molecule has 178 valence electrons. The number of nitrogens with zero attached hydrogens (tertiary/aromatic N) is 2. The molecule has 0 radical (unpaired) electrons. The molecule has 1 saturated heterocycles. The van der Waals surface area contributed by atoms with Crippen molar-refractivity contribution in [1.82, 2.24) is 9.80 Å². The lowest BCUT2D eigenvalue weighted by Crippen LogP contribution is -2.35. The molecule has 0 N–H and O–H groups in total. The summed E-state index contributed by atoms with van der Waals surface area (Å²) in [5.74, 6) is -1.36. The van der Waals surface area contributed by atoms with E-state index in [4.69, 9.17) is 9.47 Å². The van der Waals surface area contributed by atoms with E-state index in [-0.39, 0.29) is 25.5 Å². The molecule has 0 aromatic heterocycles. The molecule has 2 aliphatic rings. The molecule has 2 heterocycles. The van der Waals surface area contributed by atoms with Crippen LogP contribution in [-0.4, -0.2) is 60.3 Å². The summed E-state index contributed by atoms with van der Waals surface area (Å²) < 4.78 is 10.7. The smallest absolute Gasteiger partial charge is 0.311 e. The number of carbonyl (C=O) groups is 4. The first-order chi connectivity index (χ1) is 16.5. The van der Waals surface area contributed by atoms with E-state index in [9.17, 15) is 19.2 Å². The highest BCUT2D eigenvalue weighted by Gasteiger charge is 2.45. The minimum absolute atomic E-state index is 0.0362. The molecular formula is C26H28N2O6. The third-order valence-electron chi connectivity index (χ3n) is 6.38. The molecule has 2 aromatic rings. The van der Waals surface area contributed by atoms with Crippen LogP contribution in [-0.2, 0) is 14.3 Å². The summed E-state index contributed by atoms with van der Waals surface area (Å²) >= 11 is 0. The van der Waals surface area contributed by atoms with E-state index in [1.54, 1.807) is 48.4 Å². The number of esters is 1. The monoisotopic (exact) mass is 464 g/mol. The van der Waals surface area contributed by atoms with E-state index in [1.165, 1.54) is 0 Å². The maximum Gasteiger partial charge on any atom is 0.311 e. The van der Waals surface area contributed by atoms with Crippen LogP contribution in [0.1, 0.15) is 58.5 Å². The quantitative estimate of drug-likeness (QED) is 0.418. The Bertz CT molecular complexity index is 1060. The van der Waals surface area contributed by atoms with Gasteiger partial charge in [0.1, 0.15) is 12.4 Å². The van der Waals surface area contributed by atoms with Crippen LogP contribution >= 0.6 is 0 Å². The second-order valence-corrected chi connectivity index (χ2v) is 8.44. The van der Waals surface area contributed by atoms with Crippen molar-refractivity contribution in [3.63, 3.8) is 0 Å². The molecule has 3 amide bonds. The van der Waals surface area contributed by atoms with Crippen LogP contribution in [0.3, 0.4) is 0 Å². The van der Waals surface area contributed by atoms with Crippen LogP contribution in [0.5, 0.6) is 5.75 Å². The van der Waals surface area contributed by atoms with E-state index < -0.39 is 29.7 Å². The standard InChI is InChI=1S/C26H28N2O6/c1-3-4-13-27-22(29)16-21(23(27)17-9-11-18(33-2)12-10-17)26(32)34-15-14-28-24(30)19-7-5-6-8-20(19)25(28)31/h5-12,21,23H,3-4,13-16H2,1-2H3. The first-order valence-corrected chi connectivity index (χ1v) is 11.5. The van der Waals surface area contributed by atoms with Gasteiger partial charge in [-0.2, -0.15) is 0 Å². The highest BCUT2D eigenvalue weighted by molar-refractivity contribution is 6.21. The second-order valence-electron chi connectivity index (χ2n) is 8.44. The molecule has 4 rings (SSSR count). The van der Waals surface area contributed by atoms with Gasteiger partial charge in [-0.3, -0.25) is 24.1 Å². The molecule has 0 spiro atoms. The summed E-state index contributed by atoms with van der Waals surface area (Å²) in [4.78, 5) is 53.7. The van der Waals surface area contributed by atoms with Gasteiger partial charge in [0.15, 0.2) is 0 Å². The predicted molar refractivity (Wildman–Crippen MR) is 123 cm³/mol. The minimum Gasteiger partial charge on any atom is -0.497 e. The maximum atomic E-state index is 13.1. The van der Waals surface area contributed by atoms with Crippen LogP contribution in [0.15, 0.2) is 48.5 Å². The summed E-state index contributed by atoms with van der Waals surface area (Å²) in [6, 6.07) is 13.5. The molecule has 1 fully saturated rings. The molecule has 8 nitrogen and oxygen atoms in total. The zero-order valence-corrected chi connectivity index (χ0v) is 19.4. The Balaban J connectivity index is 1.44. The lowest BCUT2D eigenvalue weighted by molar-refractivity contribution is -0.149. The molecule has 0 aliphatic carbocycles.